The SMILES string of the molecule is C/C=C/CNc1c(I)cc(Br)cc1I. The van der Waals surface area contributed by atoms with Gasteiger partial charge in [0.15, 0.2) is 0 Å². The average Bonchev–Trinajstić information content (AvgIpc) is 2.09. The van der Waals surface area contributed by atoms with Crippen LogP contribution >= 0.6 is 61.1 Å². The molecule has 1 aromatic rings. The smallest absolute Gasteiger partial charge is 0.0614 e. The summed E-state index contributed by atoms with van der Waals surface area (Å²) in [6.45, 7) is 2.91. The van der Waals surface area contributed by atoms with Crippen molar-refractivity contribution in [1.82, 2.24) is 0 Å². The van der Waals surface area contributed by atoms with Gasteiger partial charge in [0.25, 0.3) is 0 Å². The van der Waals surface area contributed by atoms with E-state index in [0.29, 0.717) is 0 Å². The number of allylic oxidation sites excluding steroid dienone is 1. The molecule has 0 atom stereocenters. The lowest BCUT2D eigenvalue weighted by Gasteiger charge is -2.09. The number of nitrogens with one attached hydrogen (secondary N) is 1. The van der Waals surface area contributed by atoms with Gasteiger partial charge in [-0.25, -0.2) is 0 Å². The number of anilines is 1. The first-order valence-corrected chi connectivity index (χ1v) is 7.09. The van der Waals surface area contributed by atoms with Crippen molar-refractivity contribution >= 4 is 66.8 Å². The molecule has 0 aromatic heterocycles. The molecule has 0 unspecified atom stereocenters. The summed E-state index contributed by atoms with van der Waals surface area (Å²) in [6.07, 6.45) is 4.15. The first kappa shape index (κ1) is 12.8. The van der Waals surface area contributed by atoms with Gasteiger partial charge in [0, 0.05) is 18.2 Å². The Labute approximate surface area is 120 Å². The zero-order valence-electron chi connectivity index (χ0n) is 7.65. The Kier molecular flexibility index (Phi) is 5.76. The molecule has 1 aromatic carbocycles. The molecule has 4 heteroatoms. The summed E-state index contributed by atoms with van der Waals surface area (Å²) in [6, 6.07) is 4.22. The average molecular weight is 478 g/mol. The summed E-state index contributed by atoms with van der Waals surface area (Å²) in [5, 5.41) is 3.39. The fourth-order valence-corrected chi connectivity index (χ4v) is 4.45. The zero-order valence-corrected chi connectivity index (χ0v) is 13.6. The van der Waals surface area contributed by atoms with Gasteiger partial charge in [-0.15, -0.1) is 0 Å². The molecule has 0 spiro atoms. The van der Waals surface area contributed by atoms with Crippen LogP contribution < -0.4 is 5.32 Å². The lowest BCUT2D eigenvalue weighted by Crippen LogP contribution is -2.02. The topological polar surface area (TPSA) is 12.0 Å². The summed E-state index contributed by atoms with van der Waals surface area (Å²) in [4.78, 5) is 0. The maximum absolute atomic E-state index is 3.48. The second-order valence-electron chi connectivity index (χ2n) is 2.69. The molecule has 0 fully saturated rings. The van der Waals surface area contributed by atoms with Gasteiger partial charge in [-0.2, -0.15) is 0 Å². The number of halogens is 3. The van der Waals surface area contributed by atoms with Gasteiger partial charge in [0.1, 0.15) is 0 Å². The molecule has 0 aliphatic heterocycles. The molecule has 0 heterocycles. The molecule has 0 aliphatic rings. The largest absolute Gasteiger partial charge is 0.380 e. The van der Waals surface area contributed by atoms with Gasteiger partial charge in [0.2, 0.25) is 0 Å². The van der Waals surface area contributed by atoms with E-state index in [0.717, 1.165) is 11.0 Å². The molecule has 0 amide bonds. The molecule has 0 saturated carbocycles. The summed E-state index contributed by atoms with van der Waals surface area (Å²) in [5.74, 6) is 0. The van der Waals surface area contributed by atoms with Gasteiger partial charge in [-0.1, -0.05) is 28.1 Å². The van der Waals surface area contributed by atoms with Crippen molar-refractivity contribution in [3.63, 3.8) is 0 Å². The molecule has 0 radical (unpaired) electrons. The summed E-state index contributed by atoms with van der Waals surface area (Å²) in [7, 11) is 0. The van der Waals surface area contributed by atoms with Gasteiger partial charge in [0.05, 0.1) is 5.69 Å². The van der Waals surface area contributed by atoms with E-state index in [1.807, 2.05) is 13.0 Å². The third kappa shape index (κ3) is 3.69. The van der Waals surface area contributed by atoms with Crippen LogP contribution in [0.4, 0.5) is 5.69 Å². The number of rotatable bonds is 3. The van der Waals surface area contributed by atoms with Crippen molar-refractivity contribution in [3.05, 3.63) is 35.9 Å². The first-order valence-electron chi connectivity index (χ1n) is 4.14. The maximum Gasteiger partial charge on any atom is 0.0614 e. The lowest BCUT2D eigenvalue weighted by atomic mass is 10.3. The van der Waals surface area contributed by atoms with E-state index in [9.17, 15) is 0 Å². The minimum Gasteiger partial charge on any atom is -0.380 e. The predicted octanol–water partition coefficient (Wildman–Crippen LogP) is 4.65. The Morgan fingerprint density at radius 1 is 1.36 bits per heavy atom. The van der Waals surface area contributed by atoms with Crippen molar-refractivity contribution in [2.75, 3.05) is 11.9 Å². The van der Waals surface area contributed by atoms with Crippen molar-refractivity contribution in [1.29, 1.82) is 0 Å². The minimum absolute atomic E-state index is 0.879. The van der Waals surface area contributed by atoms with Crippen molar-refractivity contribution in [3.8, 4) is 0 Å². The number of benzene rings is 1. The Bertz CT molecular complexity index is 327. The Morgan fingerprint density at radius 3 is 2.43 bits per heavy atom. The highest BCUT2D eigenvalue weighted by Crippen LogP contribution is 2.28. The highest BCUT2D eigenvalue weighted by atomic mass is 127. The fraction of sp³-hybridized carbons (Fsp3) is 0.200. The standard InChI is InChI=1S/C10H10BrI2N/c1-2-3-4-14-10-8(12)5-7(11)6-9(10)13/h2-3,5-6,14H,4H2,1H3/b3-2+. The van der Waals surface area contributed by atoms with Crippen LogP contribution in [-0.4, -0.2) is 6.54 Å². The molecule has 0 aliphatic carbocycles. The molecule has 76 valence electrons. The second-order valence-corrected chi connectivity index (χ2v) is 5.93. The van der Waals surface area contributed by atoms with E-state index in [2.05, 4.69) is 84.6 Å². The molecule has 0 bridgehead atoms. The second kappa shape index (κ2) is 6.32. The normalized spacial score (nSPS) is 10.9. The number of hydrogen-bond donors (Lipinski definition) is 1. The van der Waals surface area contributed by atoms with Crippen LogP contribution in [0.3, 0.4) is 0 Å². The van der Waals surface area contributed by atoms with Gasteiger partial charge in [-0.3, -0.25) is 0 Å². The number of hydrogen-bond acceptors (Lipinski definition) is 1. The summed E-state index contributed by atoms with van der Waals surface area (Å²) in [5.41, 5.74) is 1.22. The van der Waals surface area contributed by atoms with Gasteiger partial charge < -0.3 is 5.32 Å². The van der Waals surface area contributed by atoms with E-state index >= 15 is 0 Å². The molecule has 14 heavy (non-hydrogen) atoms. The third-order valence-corrected chi connectivity index (χ3v) is 3.80. The van der Waals surface area contributed by atoms with Crippen molar-refractivity contribution in [2.45, 2.75) is 6.92 Å². The van der Waals surface area contributed by atoms with E-state index < -0.39 is 0 Å². The molecule has 0 saturated heterocycles. The summed E-state index contributed by atoms with van der Waals surface area (Å²) >= 11 is 8.16. The van der Waals surface area contributed by atoms with E-state index in [1.165, 1.54) is 12.8 Å². The minimum atomic E-state index is 0.879. The van der Waals surface area contributed by atoms with Gasteiger partial charge >= 0.3 is 0 Å². The van der Waals surface area contributed by atoms with Crippen LogP contribution in [0.15, 0.2) is 28.8 Å². The zero-order chi connectivity index (χ0) is 10.6. The van der Waals surface area contributed by atoms with Crippen molar-refractivity contribution in [2.24, 2.45) is 0 Å². The van der Waals surface area contributed by atoms with Crippen LogP contribution in [0, 0.1) is 7.14 Å². The molecular weight excluding hydrogens is 468 g/mol. The van der Waals surface area contributed by atoms with Crippen molar-refractivity contribution < 1.29 is 0 Å². The predicted molar refractivity (Wildman–Crippen MR) is 82.9 cm³/mol. The monoisotopic (exact) mass is 477 g/mol. The maximum atomic E-state index is 3.48. The van der Waals surface area contributed by atoms with Gasteiger partial charge in [-0.05, 0) is 64.2 Å². The quantitative estimate of drug-likeness (QED) is 0.494. The fourth-order valence-electron chi connectivity index (χ4n) is 0.990. The van der Waals surface area contributed by atoms with E-state index in [4.69, 9.17) is 0 Å². The van der Waals surface area contributed by atoms with Crippen LogP contribution in [0.2, 0.25) is 0 Å². The Hall–Kier alpha value is 0.700. The van der Waals surface area contributed by atoms with Crippen LogP contribution in [0.5, 0.6) is 0 Å². The molecule has 1 nitrogen and oxygen atoms in total. The molecule has 1 rings (SSSR count). The summed E-state index contributed by atoms with van der Waals surface area (Å²) < 4.78 is 3.61. The highest BCUT2D eigenvalue weighted by molar-refractivity contribution is 14.1. The molecular formula is C10H10BrI2N. The van der Waals surface area contributed by atoms with Crippen LogP contribution in [-0.2, 0) is 0 Å². The molecule has 1 N–H and O–H groups in total. The lowest BCUT2D eigenvalue weighted by molar-refractivity contribution is 1.30. The van der Waals surface area contributed by atoms with Crippen LogP contribution in [0.25, 0.3) is 0 Å². The van der Waals surface area contributed by atoms with E-state index in [-0.39, 0.29) is 0 Å². The van der Waals surface area contributed by atoms with E-state index in [1.54, 1.807) is 0 Å². The highest BCUT2D eigenvalue weighted by Gasteiger charge is 2.04. The Balaban J connectivity index is 2.85. The first-order chi connectivity index (χ1) is 6.65. The van der Waals surface area contributed by atoms with Crippen LogP contribution in [0.1, 0.15) is 6.92 Å². The Morgan fingerprint density at radius 2 is 1.93 bits per heavy atom. The third-order valence-electron chi connectivity index (χ3n) is 1.64.